The molecule has 0 bridgehead atoms. The van der Waals surface area contributed by atoms with Crippen LogP contribution in [0, 0.1) is 0 Å². The van der Waals surface area contributed by atoms with Crippen LogP contribution in [-0.2, 0) is 0 Å². The van der Waals surface area contributed by atoms with Crippen LogP contribution in [0.3, 0.4) is 0 Å². The number of para-hydroxylation sites is 4. The fourth-order valence-corrected chi connectivity index (χ4v) is 7.19. The predicted molar refractivity (Wildman–Crippen MR) is 213 cm³/mol. The molecule has 0 aliphatic rings. The van der Waals surface area contributed by atoms with Gasteiger partial charge in [-0.2, -0.15) is 0 Å². The number of rotatable bonds is 4. The van der Waals surface area contributed by atoms with Gasteiger partial charge in [0.25, 0.3) is 0 Å². The van der Waals surface area contributed by atoms with Crippen molar-refractivity contribution in [2.45, 2.75) is 0 Å². The van der Waals surface area contributed by atoms with Gasteiger partial charge in [0, 0.05) is 38.0 Å². The molecule has 0 unspecified atom stereocenters. The first-order valence-electron chi connectivity index (χ1n) is 25.0. The first-order valence-corrected chi connectivity index (χ1v) is 16.0. The molecule has 0 atom stereocenters. The highest BCUT2D eigenvalue weighted by molar-refractivity contribution is 6.23. The van der Waals surface area contributed by atoms with Crippen LogP contribution in [0.25, 0.3) is 99.2 Å². The highest BCUT2D eigenvalue weighted by atomic mass is 16.3. The van der Waals surface area contributed by atoms with Crippen LogP contribution in [0.2, 0.25) is 0 Å². The Hall–Kier alpha value is -6.84. The van der Waals surface area contributed by atoms with Crippen molar-refractivity contribution in [1.29, 1.82) is 0 Å². The first-order chi connectivity index (χ1) is 32.8. The van der Waals surface area contributed by atoms with E-state index in [1.807, 2.05) is 48.5 Å². The third-order valence-corrected chi connectivity index (χ3v) is 9.28. The van der Waals surface area contributed by atoms with Crippen LogP contribution in [0.15, 0.2) is 186 Å². The minimum absolute atomic E-state index is 0.121. The molecule has 3 aromatic heterocycles. The van der Waals surface area contributed by atoms with E-state index in [1.54, 1.807) is 18.2 Å². The second kappa shape index (κ2) is 10.8. The maximum absolute atomic E-state index is 9.64. The highest BCUT2D eigenvalue weighted by Gasteiger charge is 2.23. The molecule has 3 heteroatoms. The Bertz CT molecular complexity index is 4150. The van der Waals surface area contributed by atoms with Gasteiger partial charge in [-0.05, 0) is 76.7 Å². The maximum Gasteiger partial charge on any atom is 0.159 e. The van der Waals surface area contributed by atoms with E-state index in [4.69, 9.17) is 16.8 Å². The molecular weight excluding hydrogens is 621 g/mol. The minimum atomic E-state index is -0.808. The van der Waals surface area contributed by atoms with Gasteiger partial charge in [0.15, 0.2) is 5.58 Å². The van der Waals surface area contributed by atoms with Gasteiger partial charge in [0.1, 0.15) is 5.58 Å². The molecule has 8 aromatic carbocycles. The molecule has 0 aliphatic heterocycles. The van der Waals surface area contributed by atoms with E-state index in [9.17, 15) is 12.3 Å². The van der Waals surface area contributed by atoms with E-state index < -0.39 is 125 Å². The summed E-state index contributed by atoms with van der Waals surface area (Å²) >= 11 is 0. The summed E-state index contributed by atoms with van der Waals surface area (Å²) in [4.78, 5) is 0. The third kappa shape index (κ3) is 4.06. The lowest BCUT2D eigenvalue weighted by Gasteiger charge is -2.12. The molecule has 11 aromatic rings. The molecule has 0 spiro atoms. The standard InChI is InChI=1S/C48H30N2O/c1-3-15-31(16-4-1)32-29-39-34-19-9-12-28-45(34)51-48(39)44(30-32)50-41-25-11-8-21-38(41)47-36(23-14-27-43(47)50)35-22-13-26-42-46(35)37-20-7-10-24-40(37)49(42)33-17-5-2-6-18-33/h1-30H/i2D,5D,6D,7D,8D,10D,11D,13D,14D,17D,18D,20D,21D,22D,24D,25D,26D,27D. The molecule has 0 amide bonds. The molecule has 0 aliphatic carbocycles. The van der Waals surface area contributed by atoms with Crippen molar-refractivity contribution < 1.29 is 29.1 Å². The monoisotopic (exact) mass is 668 g/mol. The van der Waals surface area contributed by atoms with Crippen molar-refractivity contribution in [3.63, 3.8) is 0 Å². The summed E-state index contributed by atoms with van der Waals surface area (Å²) in [5.41, 5.74) is -0.0204. The molecule has 0 saturated heterocycles. The van der Waals surface area contributed by atoms with E-state index in [0.29, 0.717) is 21.9 Å². The van der Waals surface area contributed by atoms with E-state index >= 15 is 0 Å². The van der Waals surface area contributed by atoms with E-state index in [0.717, 1.165) is 16.2 Å². The first kappa shape index (κ1) is 15.8. The van der Waals surface area contributed by atoms with Gasteiger partial charge >= 0.3 is 0 Å². The molecule has 0 N–H and O–H groups in total. The Morgan fingerprint density at radius 1 is 0.431 bits per heavy atom. The Balaban J connectivity index is 1.43. The molecule has 0 fully saturated rings. The number of hydrogen-bond acceptors (Lipinski definition) is 1. The molecule has 3 heterocycles. The number of nitrogens with zero attached hydrogens (tertiary/aromatic N) is 2. The summed E-state index contributed by atoms with van der Waals surface area (Å²) in [7, 11) is 0. The smallest absolute Gasteiger partial charge is 0.159 e. The lowest BCUT2D eigenvalue weighted by Crippen LogP contribution is -1.96. The Morgan fingerprint density at radius 3 is 1.90 bits per heavy atom. The molecule has 51 heavy (non-hydrogen) atoms. The predicted octanol–water partition coefficient (Wildman–Crippen LogP) is 13.1. The third-order valence-electron chi connectivity index (χ3n) is 9.28. The Morgan fingerprint density at radius 2 is 1.08 bits per heavy atom. The number of aromatic nitrogens is 2. The summed E-state index contributed by atoms with van der Waals surface area (Å²) in [5, 5.41) is 0.325. The van der Waals surface area contributed by atoms with Gasteiger partial charge in [-0.3, -0.25) is 0 Å². The molecule has 0 radical (unpaired) electrons. The minimum Gasteiger partial charge on any atom is -0.454 e. The average molecular weight is 669 g/mol. The van der Waals surface area contributed by atoms with E-state index in [1.165, 1.54) is 4.57 Å². The fraction of sp³-hybridized carbons (Fsp3) is 0. The molecule has 11 rings (SSSR count). The van der Waals surface area contributed by atoms with Crippen LogP contribution >= 0.6 is 0 Å². The Kier molecular flexibility index (Phi) is 3.36. The summed E-state index contributed by atoms with van der Waals surface area (Å²) in [6.45, 7) is 0. The molecule has 238 valence electrons. The maximum atomic E-state index is 9.64. The van der Waals surface area contributed by atoms with Crippen molar-refractivity contribution in [3.8, 4) is 33.6 Å². The zero-order valence-corrected chi connectivity index (χ0v) is 26.2. The van der Waals surface area contributed by atoms with Crippen LogP contribution in [0.4, 0.5) is 0 Å². The molecular formula is C48H30N2O. The van der Waals surface area contributed by atoms with Gasteiger partial charge in [0.05, 0.1) is 52.4 Å². The van der Waals surface area contributed by atoms with Crippen molar-refractivity contribution in [2.75, 3.05) is 0 Å². The van der Waals surface area contributed by atoms with Gasteiger partial charge in [-0.15, -0.1) is 0 Å². The summed E-state index contributed by atoms with van der Waals surface area (Å²) in [6, 6.07) is 8.70. The van der Waals surface area contributed by atoms with Crippen molar-refractivity contribution in [3.05, 3.63) is 182 Å². The second-order valence-corrected chi connectivity index (χ2v) is 12.0. The summed E-state index contributed by atoms with van der Waals surface area (Å²) in [5.74, 6) is 0. The van der Waals surface area contributed by atoms with Crippen LogP contribution in [0.1, 0.15) is 24.7 Å². The second-order valence-electron chi connectivity index (χ2n) is 12.0. The largest absolute Gasteiger partial charge is 0.454 e. The molecule has 3 nitrogen and oxygen atoms in total. The summed E-state index contributed by atoms with van der Waals surface area (Å²) < 4.78 is 172. The lowest BCUT2D eigenvalue weighted by atomic mass is 9.95. The molecule has 0 saturated carbocycles. The Labute approximate surface area is 319 Å². The number of furan rings is 1. The van der Waals surface area contributed by atoms with Crippen molar-refractivity contribution in [2.24, 2.45) is 0 Å². The SMILES string of the molecule is [2H]c1cc(-c2c([2H])c([2H])c([2H])c3c2c2c([2H])c([2H])c([2H])c([2H])c2n3-c2c([2H])c([2H])c([2H])c([2H])c2[2H])c2c3c([2H])c([2H])c([2H])c([2H])c3n(-c3cc(-c4ccccc4)cc4c3oc3ccccc34)c2c1[2H]. The van der Waals surface area contributed by atoms with E-state index in [2.05, 4.69) is 0 Å². The zero-order valence-electron chi connectivity index (χ0n) is 44.2. The number of benzene rings is 8. The topological polar surface area (TPSA) is 23.0 Å². The lowest BCUT2D eigenvalue weighted by molar-refractivity contribution is 0.666. The quantitative estimate of drug-likeness (QED) is 0.183. The van der Waals surface area contributed by atoms with Gasteiger partial charge in [0.2, 0.25) is 0 Å². The van der Waals surface area contributed by atoms with Gasteiger partial charge in [-0.25, -0.2) is 0 Å². The van der Waals surface area contributed by atoms with Crippen molar-refractivity contribution >= 4 is 65.6 Å². The fourth-order valence-electron chi connectivity index (χ4n) is 7.19. The van der Waals surface area contributed by atoms with E-state index in [-0.39, 0.29) is 55.0 Å². The average Bonchev–Trinajstić information content (AvgIpc) is 4.02. The number of hydrogen-bond donors (Lipinski definition) is 0. The van der Waals surface area contributed by atoms with Crippen LogP contribution in [-0.4, -0.2) is 9.13 Å². The summed E-state index contributed by atoms with van der Waals surface area (Å²) in [6.07, 6.45) is 0. The van der Waals surface area contributed by atoms with Gasteiger partial charge < -0.3 is 13.6 Å². The highest BCUT2D eigenvalue weighted by Crippen LogP contribution is 2.45. The van der Waals surface area contributed by atoms with Crippen LogP contribution < -0.4 is 0 Å². The normalized spacial score (nSPS) is 16.9. The zero-order chi connectivity index (χ0) is 49.1. The van der Waals surface area contributed by atoms with Crippen molar-refractivity contribution in [1.82, 2.24) is 9.13 Å². The van der Waals surface area contributed by atoms with Crippen LogP contribution in [0.5, 0.6) is 0 Å². The van der Waals surface area contributed by atoms with Gasteiger partial charge in [-0.1, -0.05) is 127 Å². The number of fused-ring (bicyclic) bond motifs is 9.